The monoisotopic (exact) mass is 126 g/mol. The van der Waals surface area contributed by atoms with E-state index in [0.29, 0.717) is 0 Å². The first-order valence-corrected chi connectivity index (χ1v) is 3.58. The largest absolute Gasteiger partial charge is 0.103 e. The molecule has 0 aliphatic heterocycles. The summed E-state index contributed by atoms with van der Waals surface area (Å²) in [7, 11) is 0. The van der Waals surface area contributed by atoms with E-state index < -0.39 is 0 Å². The summed E-state index contributed by atoms with van der Waals surface area (Å²) < 4.78 is 0. The van der Waals surface area contributed by atoms with Gasteiger partial charge in [0.25, 0.3) is 0 Å². The Bertz CT molecular complexity index is 70.1. The molecular formula is C9H18. The first kappa shape index (κ1) is 11.3. The van der Waals surface area contributed by atoms with Gasteiger partial charge in [0.1, 0.15) is 0 Å². The molecule has 0 unspecified atom stereocenters. The van der Waals surface area contributed by atoms with Crippen LogP contribution in [0.5, 0.6) is 0 Å². The van der Waals surface area contributed by atoms with Crippen LogP contribution >= 0.6 is 0 Å². The Hall–Kier alpha value is -0.520. The molecule has 0 fully saturated rings. The minimum Gasteiger partial charge on any atom is -0.103 e. The van der Waals surface area contributed by atoms with Gasteiger partial charge in [-0.15, -0.1) is 6.58 Å². The third-order valence-corrected chi connectivity index (χ3v) is 0.933. The van der Waals surface area contributed by atoms with Crippen molar-refractivity contribution in [3.63, 3.8) is 0 Å². The maximum atomic E-state index is 3.79. The minimum absolute atomic E-state index is 0.969. The molecule has 0 radical (unpaired) electrons. The molecule has 9 heavy (non-hydrogen) atoms. The highest BCUT2D eigenvalue weighted by atomic mass is 13.9. The summed E-state index contributed by atoms with van der Waals surface area (Å²) in [6.07, 6.45) is 3.92. The molecule has 0 saturated carbocycles. The molecule has 0 saturated heterocycles. The van der Waals surface area contributed by atoms with Gasteiger partial charge >= 0.3 is 0 Å². The van der Waals surface area contributed by atoms with Gasteiger partial charge in [0.05, 0.1) is 0 Å². The average Bonchev–Trinajstić information content (AvgIpc) is 1.93. The lowest BCUT2D eigenvalue weighted by atomic mass is 10.2. The summed E-state index contributed by atoms with van der Waals surface area (Å²) >= 11 is 0. The van der Waals surface area contributed by atoms with Gasteiger partial charge in [-0.25, -0.2) is 0 Å². The molecule has 54 valence electrons. The summed E-state index contributed by atoms with van der Waals surface area (Å²) in [5.74, 6) is 0. The van der Waals surface area contributed by atoms with E-state index in [4.69, 9.17) is 0 Å². The summed E-state index contributed by atoms with van der Waals surface area (Å²) in [6.45, 7) is 13.5. The van der Waals surface area contributed by atoms with E-state index >= 15 is 0 Å². The van der Waals surface area contributed by atoms with Gasteiger partial charge in [-0.05, 0) is 12.8 Å². The van der Waals surface area contributed by atoms with E-state index in [9.17, 15) is 0 Å². The van der Waals surface area contributed by atoms with Crippen LogP contribution < -0.4 is 0 Å². The molecule has 0 spiro atoms. The van der Waals surface area contributed by atoms with Crippen LogP contribution in [0, 0.1) is 0 Å². The van der Waals surface area contributed by atoms with Gasteiger partial charge in [-0.2, -0.15) is 0 Å². The van der Waals surface area contributed by atoms with Crippen LogP contribution in [0.25, 0.3) is 0 Å². The van der Waals surface area contributed by atoms with Crippen molar-refractivity contribution in [3.05, 3.63) is 24.8 Å². The van der Waals surface area contributed by atoms with E-state index in [0.717, 1.165) is 12.8 Å². The minimum atomic E-state index is 0.969. The zero-order chi connectivity index (χ0) is 7.70. The highest BCUT2D eigenvalue weighted by Gasteiger charge is 1.80. The van der Waals surface area contributed by atoms with Crippen molar-refractivity contribution in [2.24, 2.45) is 0 Å². The maximum Gasteiger partial charge on any atom is -0.0144 e. The fraction of sp³-hybridized carbons (Fsp3) is 0.556. The molecular weight excluding hydrogens is 108 g/mol. The number of hydrogen-bond acceptors (Lipinski definition) is 0. The molecule has 0 aromatic rings. The molecule has 0 rings (SSSR count). The van der Waals surface area contributed by atoms with Crippen LogP contribution in [-0.4, -0.2) is 0 Å². The van der Waals surface area contributed by atoms with Gasteiger partial charge in [-0.1, -0.05) is 39.0 Å². The van der Waals surface area contributed by atoms with Crippen molar-refractivity contribution in [3.8, 4) is 0 Å². The Labute approximate surface area is 59.3 Å². The Balaban J connectivity index is 0. The molecule has 0 atom stereocenters. The Kier molecular flexibility index (Phi) is 13.1. The Morgan fingerprint density at radius 3 is 2.00 bits per heavy atom. The lowest BCUT2D eigenvalue weighted by Gasteiger charge is -1.91. The van der Waals surface area contributed by atoms with Gasteiger partial charge in [-0.3, -0.25) is 0 Å². The highest BCUT2D eigenvalue weighted by Crippen LogP contribution is 2.00. The zero-order valence-electron chi connectivity index (χ0n) is 6.91. The quantitative estimate of drug-likeness (QED) is 0.507. The van der Waals surface area contributed by atoms with Crippen LogP contribution in [0.4, 0.5) is 0 Å². The summed E-state index contributed by atoms with van der Waals surface area (Å²) in [5, 5.41) is 0. The van der Waals surface area contributed by atoms with Gasteiger partial charge in [0.15, 0.2) is 0 Å². The molecule has 0 aromatic heterocycles. The fourth-order valence-corrected chi connectivity index (χ4v) is 0.348. The normalized spacial score (nSPS) is 7.00. The second-order valence-electron chi connectivity index (χ2n) is 1.60. The van der Waals surface area contributed by atoms with Crippen LogP contribution in [0.15, 0.2) is 24.8 Å². The third kappa shape index (κ3) is 11.2. The van der Waals surface area contributed by atoms with Crippen molar-refractivity contribution in [2.75, 3.05) is 0 Å². The molecule has 0 aliphatic rings. The molecule has 0 nitrogen and oxygen atoms in total. The predicted molar refractivity (Wildman–Crippen MR) is 45.6 cm³/mol. The summed E-state index contributed by atoms with van der Waals surface area (Å²) in [5.41, 5.74) is 1.26. The molecule has 0 aliphatic carbocycles. The first-order valence-electron chi connectivity index (χ1n) is 3.58. The average molecular weight is 126 g/mol. The van der Waals surface area contributed by atoms with Crippen molar-refractivity contribution in [1.29, 1.82) is 0 Å². The van der Waals surface area contributed by atoms with E-state index in [-0.39, 0.29) is 0 Å². The third-order valence-electron chi connectivity index (χ3n) is 0.933. The molecule has 0 amide bonds. The van der Waals surface area contributed by atoms with E-state index in [1.165, 1.54) is 5.57 Å². The zero-order valence-corrected chi connectivity index (χ0v) is 6.91. The number of allylic oxidation sites excluding steroid dienone is 2. The molecule has 0 N–H and O–H groups in total. The molecule has 0 bridgehead atoms. The maximum absolute atomic E-state index is 3.79. The summed E-state index contributed by atoms with van der Waals surface area (Å²) in [6, 6.07) is 0. The predicted octanol–water partition coefficient (Wildman–Crippen LogP) is 3.55. The first-order chi connectivity index (χ1) is 4.31. The number of hydrogen-bond donors (Lipinski definition) is 0. The lowest BCUT2D eigenvalue weighted by Crippen LogP contribution is -1.70. The van der Waals surface area contributed by atoms with Gasteiger partial charge in [0.2, 0.25) is 0 Å². The fourth-order valence-electron chi connectivity index (χ4n) is 0.348. The van der Waals surface area contributed by atoms with Crippen LogP contribution in [0.1, 0.15) is 33.6 Å². The van der Waals surface area contributed by atoms with Crippen molar-refractivity contribution in [1.82, 2.24) is 0 Å². The summed E-state index contributed by atoms with van der Waals surface area (Å²) in [4.78, 5) is 0. The van der Waals surface area contributed by atoms with Crippen LogP contribution in [-0.2, 0) is 0 Å². The standard InChI is InChI=1S/C7H12.C2H6/c1-4-6-7(3)5-2;1-2/h4H,1,3,5-6H2,2H3;1-2H3. The smallest absolute Gasteiger partial charge is 0.0144 e. The Morgan fingerprint density at radius 1 is 1.44 bits per heavy atom. The highest BCUT2D eigenvalue weighted by molar-refractivity contribution is 4.98. The van der Waals surface area contributed by atoms with E-state index in [1.54, 1.807) is 0 Å². The van der Waals surface area contributed by atoms with Crippen molar-refractivity contribution in [2.45, 2.75) is 33.6 Å². The number of rotatable bonds is 3. The molecule has 0 heterocycles. The molecule has 0 heteroatoms. The van der Waals surface area contributed by atoms with Crippen LogP contribution in [0.2, 0.25) is 0 Å². The van der Waals surface area contributed by atoms with E-state index in [1.807, 2.05) is 19.9 Å². The second-order valence-corrected chi connectivity index (χ2v) is 1.60. The van der Waals surface area contributed by atoms with Crippen molar-refractivity contribution < 1.29 is 0 Å². The van der Waals surface area contributed by atoms with Crippen molar-refractivity contribution >= 4 is 0 Å². The second kappa shape index (κ2) is 10.5. The van der Waals surface area contributed by atoms with Gasteiger partial charge in [0, 0.05) is 0 Å². The lowest BCUT2D eigenvalue weighted by molar-refractivity contribution is 1.04. The Morgan fingerprint density at radius 2 is 1.89 bits per heavy atom. The topological polar surface area (TPSA) is 0 Å². The SMILES string of the molecule is C=CCC(=C)CC.CC. The molecule has 0 aromatic carbocycles. The van der Waals surface area contributed by atoms with Crippen LogP contribution in [0.3, 0.4) is 0 Å². The van der Waals surface area contributed by atoms with Gasteiger partial charge < -0.3 is 0 Å². The van der Waals surface area contributed by atoms with E-state index in [2.05, 4.69) is 20.1 Å².